The van der Waals surface area contributed by atoms with E-state index in [0.717, 1.165) is 0 Å². The number of rotatable bonds is 36. The number of carbonyl (C=O) groups excluding carboxylic acids is 13. The van der Waals surface area contributed by atoms with Gasteiger partial charge in [-0.25, -0.2) is 0 Å². The normalized spacial score (nSPS) is 14.6. The molecule has 9 atom stereocenters. The van der Waals surface area contributed by atoms with Gasteiger partial charge < -0.3 is 81.7 Å². The minimum atomic E-state index is -1.63. The Morgan fingerprint density at radius 2 is 0.931 bits per heavy atom. The lowest BCUT2D eigenvalue weighted by atomic mass is 9.96. The third-order valence-electron chi connectivity index (χ3n) is 11.3. The van der Waals surface area contributed by atoms with Gasteiger partial charge in [-0.2, -0.15) is 0 Å². The summed E-state index contributed by atoms with van der Waals surface area (Å²) < 4.78 is 0. The fourth-order valence-corrected chi connectivity index (χ4v) is 6.51. The Morgan fingerprint density at radius 1 is 0.500 bits per heavy atom. The molecule has 0 spiro atoms. The zero-order valence-electron chi connectivity index (χ0n) is 42.9. The standard InChI is InChI=1S/C46H80N13O13/c1-10-26(5)39(59-44(70)38(48)25(3)4)45(71)53-23-37(66)55-31(16-12-14-18-49-29(8)61)41(67)52-21-35(64)51-22-36(65)56-32(17-13-15-19-50-30(9)62)42(68)57-33(20-34(47)63)43(69)58-40(27(6)11-2)46(72)54-28(7)24-60/h24-28,31-33,38-40H,7,10-23,48H2,1-6,8-9H3,(H2,47,63)(H,49,61)(H,50,62)(H,51,64)(H,52,67)(H,53,71)(H,54,72)(H,55,66)(H,56,65)(H,57,68)(H,58,69)(H,59,70)/q-1/t26-,27-,28-,31-,32-,33-,38-,39-,40-/m0/s1. The van der Waals surface area contributed by atoms with Gasteiger partial charge in [-0.05, 0) is 62.3 Å². The van der Waals surface area contributed by atoms with Crippen LogP contribution in [0.15, 0.2) is 0 Å². The molecule has 0 aliphatic carbocycles. The number of aldehydes is 1. The number of nitrogens with one attached hydrogen (secondary N) is 11. The van der Waals surface area contributed by atoms with Crippen LogP contribution >= 0.6 is 0 Å². The van der Waals surface area contributed by atoms with Gasteiger partial charge in [0.05, 0.1) is 32.1 Å². The third kappa shape index (κ3) is 27.6. The number of carbonyl (C=O) groups is 13. The van der Waals surface area contributed by atoms with Gasteiger partial charge in [-0.3, -0.25) is 57.5 Å². The van der Waals surface area contributed by atoms with Crippen LogP contribution in [0, 0.1) is 24.7 Å². The highest BCUT2D eigenvalue weighted by molar-refractivity contribution is 5.98. The predicted octanol–water partition coefficient (Wildman–Crippen LogP) is -4.16. The van der Waals surface area contributed by atoms with E-state index in [1.807, 2.05) is 6.92 Å². The average Bonchev–Trinajstić information content (AvgIpc) is 3.32. The molecule has 72 heavy (non-hydrogen) atoms. The predicted molar refractivity (Wildman–Crippen MR) is 263 cm³/mol. The van der Waals surface area contributed by atoms with Crippen LogP contribution < -0.4 is 70.0 Å². The molecular weight excluding hydrogens is 943 g/mol. The van der Waals surface area contributed by atoms with E-state index >= 15 is 0 Å². The maximum atomic E-state index is 13.7. The molecule has 0 rings (SSSR count). The van der Waals surface area contributed by atoms with Crippen molar-refractivity contribution in [1.82, 2.24) is 58.5 Å². The highest BCUT2D eigenvalue weighted by Crippen LogP contribution is 2.12. The van der Waals surface area contributed by atoms with Crippen molar-refractivity contribution in [3.05, 3.63) is 6.92 Å². The van der Waals surface area contributed by atoms with Crippen LogP contribution in [0.2, 0.25) is 0 Å². The zero-order chi connectivity index (χ0) is 55.1. The lowest BCUT2D eigenvalue weighted by molar-refractivity contribution is -0.135. The van der Waals surface area contributed by atoms with Gasteiger partial charge in [-0.1, -0.05) is 54.4 Å². The zero-order valence-corrected chi connectivity index (χ0v) is 42.9. The van der Waals surface area contributed by atoms with E-state index in [2.05, 4.69) is 65.4 Å². The SMILES string of the molecule is [CH2-][C@@H](C=O)NC(=O)[C@@H](NC(=O)[C@H](CC(N)=O)NC(=O)[C@H](CCCCNC(C)=O)NC(=O)CNC(=O)CNC(=O)[C@H](CCCCNC(C)=O)NC(=O)CNC(=O)[C@@H](NC(=O)[C@@H](N)C(C)C)[C@@H](C)CC)[C@@H](C)CC. The summed E-state index contributed by atoms with van der Waals surface area (Å²) in [6.07, 6.45) is 1.95. The van der Waals surface area contributed by atoms with E-state index in [1.54, 1.807) is 34.6 Å². The van der Waals surface area contributed by atoms with Crippen LogP contribution in [0.4, 0.5) is 0 Å². The van der Waals surface area contributed by atoms with E-state index in [4.69, 9.17) is 11.5 Å². The number of primary amides is 1. The molecule has 0 aliphatic heterocycles. The second-order valence-electron chi connectivity index (χ2n) is 17.9. The minimum absolute atomic E-state index is 0.0514. The highest BCUT2D eigenvalue weighted by atomic mass is 16.2. The van der Waals surface area contributed by atoms with Crippen molar-refractivity contribution in [1.29, 1.82) is 0 Å². The maximum Gasteiger partial charge on any atom is 0.243 e. The number of amides is 12. The molecule has 0 radical (unpaired) electrons. The summed E-state index contributed by atoms with van der Waals surface area (Å²) in [5, 5.41) is 27.3. The fraction of sp³-hybridized carbons (Fsp3) is 0.696. The summed E-state index contributed by atoms with van der Waals surface area (Å²) in [6, 6.07) is -8.44. The number of nitrogens with two attached hydrogens (primary N) is 2. The van der Waals surface area contributed by atoms with Gasteiger partial charge in [0.2, 0.25) is 70.9 Å². The topological polar surface area (TPSA) is 406 Å². The minimum Gasteiger partial charge on any atom is -0.375 e. The lowest BCUT2D eigenvalue weighted by Gasteiger charge is -2.28. The van der Waals surface area contributed by atoms with Crippen LogP contribution in [0.5, 0.6) is 0 Å². The van der Waals surface area contributed by atoms with Gasteiger partial charge in [0.15, 0.2) is 0 Å². The molecule has 0 bridgehead atoms. The first kappa shape index (κ1) is 65.3. The van der Waals surface area contributed by atoms with Crippen molar-refractivity contribution in [3.63, 3.8) is 0 Å². The van der Waals surface area contributed by atoms with Crippen LogP contribution in [0.25, 0.3) is 0 Å². The second-order valence-corrected chi connectivity index (χ2v) is 17.9. The molecule has 0 fully saturated rings. The van der Waals surface area contributed by atoms with E-state index in [9.17, 15) is 62.3 Å². The van der Waals surface area contributed by atoms with E-state index in [-0.39, 0.29) is 56.0 Å². The summed E-state index contributed by atoms with van der Waals surface area (Å²) in [6.45, 7) is 15.1. The van der Waals surface area contributed by atoms with Crippen LogP contribution in [0.3, 0.4) is 0 Å². The molecule has 408 valence electrons. The molecule has 15 N–H and O–H groups in total. The van der Waals surface area contributed by atoms with Crippen molar-refractivity contribution in [2.24, 2.45) is 29.2 Å². The lowest BCUT2D eigenvalue weighted by Crippen LogP contribution is -2.59. The van der Waals surface area contributed by atoms with Crippen molar-refractivity contribution >= 4 is 77.2 Å². The number of hydrogen-bond donors (Lipinski definition) is 13. The van der Waals surface area contributed by atoms with Crippen molar-refractivity contribution in [2.75, 3.05) is 32.7 Å². The first-order valence-electron chi connectivity index (χ1n) is 24.2. The van der Waals surface area contributed by atoms with Gasteiger partial charge in [0, 0.05) is 26.9 Å². The maximum absolute atomic E-state index is 13.7. The van der Waals surface area contributed by atoms with Crippen LogP contribution in [0.1, 0.15) is 113 Å². The van der Waals surface area contributed by atoms with Crippen molar-refractivity contribution in [2.45, 2.75) is 155 Å². The van der Waals surface area contributed by atoms with Gasteiger partial charge in [-0.15, -0.1) is 0 Å². The molecular formula is C46H80N13O13-. The van der Waals surface area contributed by atoms with Crippen molar-refractivity contribution in [3.8, 4) is 0 Å². The van der Waals surface area contributed by atoms with E-state index in [1.165, 1.54) is 13.8 Å². The van der Waals surface area contributed by atoms with Crippen LogP contribution in [-0.4, -0.2) is 152 Å². The first-order chi connectivity index (χ1) is 33.8. The summed E-state index contributed by atoms with van der Waals surface area (Å²) in [5.74, 6) is -9.72. The molecule has 0 saturated heterocycles. The summed E-state index contributed by atoms with van der Waals surface area (Å²) in [5.41, 5.74) is 11.4. The molecule has 0 unspecified atom stereocenters. The first-order valence-corrected chi connectivity index (χ1v) is 24.2. The Bertz CT molecular complexity index is 1870. The Labute approximate surface area is 421 Å². The summed E-state index contributed by atoms with van der Waals surface area (Å²) in [7, 11) is 0. The summed E-state index contributed by atoms with van der Waals surface area (Å²) in [4.78, 5) is 164. The second kappa shape index (κ2) is 35.4. The van der Waals surface area contributed by atoms with Gasteiger partial charge in [0.25, 0.3) is 0 Å². The molecule has 0 saturated carbocycles. The monoisotopic (exact) mass is 1020 g/mol. The third-order valence-corrected chi connectivity index (χ3v) is 11.3. The van der Waals surface area contributed by atoms with E-state index < -0.39 is 133 Å². The molecule has 0 aromatic rings. The molecule has 26 nitrogen and oxygen atoms in total. The summed E-state index contributed by atoms with van der Waals surface area (Å²) >= 11 is 0. The fourth-order valence-electron chi connectivity index (χ4n) is 6.51. The Balaban J connectivity index is 5.97. The molecule has 0 aromatic carbocycles. The Hall–Kier alpha value is -6.73. The highest BCUT2D eigenvalue weighted by Gasteiger charge is 2.33. The largest absolute Gasteiger partial charge is 0.375 e. The van der Waals surface area contributed by atoms with Crippen molar-refractivity contribution < 1.29 is 62.3 Å². The van der Waals surface area contributed by atoms with Gasteiger partial charge in [0.1, 0.15) is 36.5 Å². The molecule has 26 heteroatoms. The Kier molecular flexibility index (Phi) is 32.1. The number of unbranched alkanes of at least 4 members (excludes halogenated alkanes) is 2. The molecule has 0 heterocycles. The smallest absolute Gasteiger partial charge is 0.243 e. The molecule has 12 amide bonds. The molecule has 0 aromatic heterocycles. The average molecular weight is 1020 g/mol. The molecule has 0 aliphatic rings. The van der Waals surface area contributed by atoms with Crippen LogP contribution in [-0.2, 0) is 62.3 Å². The Morgan fingerprint density at radius 3 is 1.39 bits per heavy atom. The van der Waals surface area contributed by atoms with E-state index in [0.29, 0.717) is 38.4 Å². The number of hydrogen-bond acceptors (Lipinski definition) is 14. The van der Waals surface area contributed by atoms with Gasteiger partial charge >= 0.3 is 0 Å². The quantitative estimate of drug-likeness (QED) is 0.0161.